The summed E-state index contributed by atoms with van der Waals surface area (Å²) in [4.78, 5) is 30.5. The van der Waals surface area contributed by atoms with Gasteiger partial charge in [-0.15, -0.1) is 0 Å². The first-order valence-corrected chi connectivity index (χ1v) is 11.9. The van der Waals surface area contributed by atoms with E-state index >= 15 is 0 Å². The van der Waals surface area contributed by atoms with Crippen molar-refractivity contribution in [3.05, 3.63) is 77.2 Å². The normalized spacial score (nSPS) is 9.78. The molecule has 12 nitrogen and oxygen atoms in total. The van der Waals surface area contributed by atoms with Crippen molar-refractivity contribution in [1.29, 1.82) is 0 Å². The Balaban J connectivity index is 0.000000280. The van der Waals surface area contributed by atoms with E-state index in [2.05, 4.69) is 15.0 Å². The summed E-state index contributed by atoms with van der Waals surface area (Å²) in [6.07, 6.45) is 5.46. The molecule has 200 valence electrons. The van der Waals surface area contributed by atoms with E-state index in [4.69, 9.17) is 61.6 Å². The van der Waals surface area contributed by atoms with Gasteiger partial charge in [0.25, 0.3) is 11.4 Å². The lowest BCUT2D eigenvalue weighted by Crippen LogP contribution is -1.98. The summed E-state index contributed by atoms with van der Waals surface area (Å²) in [5, 5.41) is 21.2. The molecule has 0 radical (unpaired) electrons. The topological polar surface area (TPSA) is 169 Å². The van der Waals surface area contributed by atoms with E-state index in [0.29, 0.717) is 29.8 Å². The lowest BCUT2D eigenvalue weighted by molar-refractivity contribution is -0.385. The number of nitrogen functional groups attached to an aromatic ring is 1. The number of hydrogen-bond acceptors (Lipinski definition) is 10. The molecule has 0 atom stereocenters. The van der Waals surface area contributed by atoms with Gasteiger partial charge >= 0.3 is 0 Å². The van der Waals surface area contributed by atoms with Crippen LogP contribution in [-0.2, 0) is 0 Å². The molecule has 0 aromatic carbocycles. The van der Waals surface area contributed by atoms with E-state index in [0.717, 1.165) is 31.3 Å². The van der Waals surface area contributed by atoms with Crippen LogP contribution in [0.5, 0.6) is 11.8 Å². The van der Waals surface area contributed by atoms with Crippen LogP contribution in [-0.4, -0.2) is 38.0 Å². The van der Waals surface area contributed by atoms with Gasteiger partial charge in [-0.2, -0.15) is 0 Å². The molecule has 0 unspecified atom stereocenters. The van der Waals surface area contributed by atoms with Gasteiger partial charge in [0.2, 0.25) is 11.8 Å². The van der Waals surface area contributed by atoms with Gasteiger partial charge in [0.15, 0.2) is 0 Å². The molecule has 3 aromatic rings. The number of pyridine rings is 3. The molecule has 0 bridgehead atoms. The first kappa shape index (κ1) is 31.8. The molecule has 0 fully saturated rings. The number of rotatable bonds is 8. The van der Waals surface area contributed by atoms with Gasteiger partial charge in [0, 0.05) is 12.1 Å². The predicted molar refractivity (Wildman–Crippen MR) is 142 cm³/mol. The van der Waals surface area contributed by atoms with Crippen LogP contribution in [0, 0.1) is 20.2 Å². The van der Waals surface area contributed by atoms with Crippen LogP contribution in [0.25, 0.3) is 0 Å². The van der Waals surface area contributed by atoms with Gasteiger partial charge in [-0.1, -0.05) is 60.3 Å². The van der Waals surface area contributed by atoms with Gasteiger partial charge in [-0.25, -0.2) is 15.0 Å². The van der Waals surface area contributed by atoms with Gasteiger partial charge in [0.1, 0.15) is 27.6 Å². The van der Waals surface area contributed by atoms with Gasteiger partial charge in [-0.3, -0.25) is 20.2 Å². The summed E-state index contributed by atoms with van der Waals surface area (Å²) >= 11 is 22.4. The zero-order valence-electron chi connectivity index (χ0n) is 19.6. The fourth-order valence-electron chi connectivity index (χ4n) is 2.08. The van der Waals surface area contributed by atoms with E-state index in [1.807, 2.05) is 13.8 Å². The summed E-state index contributed by atoms with van der Waals surface area (Å²) in [5.74, 6) is 0.687. The molecule has 37 heavy (non-hydrogen) atoms. The lowest BCUT2D eigenvalue weighted by atomic mass is 10.4. The maximum Gasteiger partial charge on any atom is 0.289 e. The first-order chi connectivity index (χ1) is 17.5. The molecule has 0 spiro atoms. The second-order valence-electron chi connectivity index (χ2n) is 6.71. The van der Waals surface area contributed by atoms with Gasteiger partial charge in [-0.05, 0) is 18.9 Å². The summed E-state index contributed by atoms with van der Waals surface area (Å²) in [6.45, 7) is 5.08. The zero-order valence-corrected chi connectivity index (χ0v) is 22.6. The maximum absolute atomic E-state index is 10.3. The molecular weight excluding hydrogens is 574 g/mol. The molecule has 0 aliphatic rings. The minimum atomic E-state index is -0.588. The van der Waals surface area contributed by atoms with E-state index in [1.54, 1.807) is 6.07 Å². The number of ether oxygens (including phenoxy) is 2. The van der Waals surface area contributed by atoms with Crippen LogP contribution in [0.2, 0.25) is 20.2 Å². The minimum absolute atomic E-state index is 0.0669. The summed E-state index contributed by atoms with van der Waals surface area (Å²) in [5.41, 5.74) is 5.69. The van der Waals surface area contributed by atoms with Crippen LogP contribution in [0.1, 0.15) is 26.7 Å². The standard InChI is InChI=1S/C8H9ClN2O3.C8H11ClN2O.C5H2Cl2N2O2/c1-2-3-14-8-7(9)4-6(5-10-8)11(12)13;1-2-3-12-8-7(9)4-6(10)5-11-8;6-4-1-3(9(10)11)2-8-5(4)7/h4-5H,2-3H2,1H3;4-5H,2-3,10H2,1H3;1-2H. The Bertz CT molecular complexity index is 1200. The SMILES string of the molecule is CCCOc1ncc(N)cc1Cl.CCCOc1ncc([N+](=O)[O-])cc1Cl.O=[N+]([O-])c1cnc(Cl)c(Cl)c1. The quantitative estimate of drug-likeness (QED) is 0.165. The molecule has 0 saturated carbocycles. The Morgan fingerprint density at radius 2 is 1.19 bits per heavy atom. The van der Waals surface area contributed by atoms with Crippen molar-refractivity contribution in [1.82, 2.24) is 15.0 Å². The zero-order chi connectivity index (χ0) is 28.0. The number of nitrogens with two attached hydrogens (primary N) is 1. The van der Waals surface area contributed by atoms with Crippen molar-refractivity contribution < 1.29 is 19.3 Å². The third-order valence-electron chi connectivity index (χ3n) is 3.71. The van der Waals surface area contributed by atoms with E-state index in [-0.39, 0.29) is 32.5 Å². The fourth-order valence-corrected chi connectivity index (χ4v) is 2.78. The van der Waals surface area contributed by atoms with Crippen molar-refractivity contribution in [2.24, 2.45) is 0 Å². The second-order valence-corrected chi connectivity index (χ2v) is 8.29. The smallest absolute Gasteiger partial charge is 0.289 e. The van der Waals surface area contributed by atoms with Crippen LogP contribution in [0.4, 0.5) is 17.1 Å². The van der Waals surface area contributed by atoms with Crippen LogP contribution in [0.3, 0.4) is 0 Å². The second kappa shape index (κ2) is 16.5. The molecule has 2 N–H and O–H groups in total. The predicted octanol–water partition coefficient (Wildman–Crippen LogP) is 6.83. The molecule has 0 saturated heterocycles. The molecule has 0 aliphatic heterocycles. The van der Waals surface area contributed by atoms with E-state index in [1.165, 1.54) is 12.3 Å². The van der Waals surface area contributed by atoms with E-state index in [9.17, 15) is 20.2 Å². The van der Waals surface area contributed by atoms with Crippen molar-refractivity contribution in [3.63, 3.8) is 0 Å². The number of hydrogen-bond donors (Lipinski definition) is 1. The van der Waals surface area contributed by atoms with Gasteiger partial charge in [0.05, 0.1) is 40.0 Å². The molecule has 3 rings (SSSR count). The van der Waals surface area contributed by atoms with Crippen LogP contribution < -0.4 is 15.2 Å². The third-order valence-corrected chi connectivity index (χ3v) is 4.94. The molecule has 0 amide bonds. The minimum Gasteiger partial charge on any atom is -0.477 e. The highest BCUT2D eigenvalue weighted by Gasteiger charge is 2.11. The number of nitro groups is 2. The number of aromatic nitrogens is 3. The average molecular weight is 596 g/mol. The highest BCUT2D eigenvalue weighted by Crippen LogP contribution is 2.26. The first-order valence-electron chi connectivity index (χ1n) is 10.4. The Hall–Kier alpha value is -3.19. The summed E-state index contributed by atoms with van der Waals surface area (Å²) in [6, 6.07) is 4.00. The van der Waals surface area contributed by atoms with E-state index < -0.39 is 9.85 Å². The van der Waals surface area contributed by atoms with Gasteiger partial charge < -0.3 is 15.2 Å². The van der Waals surface area contributed by atoms with Crippen LogP contribution in [0.15, 0.2) is 36.8 Å². The number of nitrogens with zero attached hydrogens (tertiary/aromatic N) is 5. The Labute approximate surface area is 231 Å². The molecular formula is C21H22Cl4N6O6. The van der Waals surface area contributed by atoms with Crippen LogP contribution >= 0.6 is 46.4 Å². The molecule has 3 aromatic heterocycles. The monoisotopic (exact) mass is 594 g/mol. The number of anilines is 1. The number of halogens is 4. The summed E-state index contributed by atoms with van der Waals surface area (Å²) < 4.78 is 10.4. The lowest BCUT2D eigenvalue weighted by Gasteiger charge is -2.04. The van der Waals surface area contributed by atoms with Crippen molar-refractivity contribution in [2.75, 3.05) is 18.9 Å². The highest BCUT2D eigenvalue weighted by molar-refractivity contribution is 6.41. The Morgan fingerprint density at radius 1 is 0.757 bits per heavy atom. The average Bonchev–Trinajstić information content (AvgIpc) is 2.85. The summed E-state index contributed by atoms with van der Waals surface area (Å²) in [7, 11) is 0. The third kappa shape index (κ3) is 11.6. The Morgan fingerprint density at radius 3 is 1.59 bits per heavy atom. The molecule has 3 heterocycles. The largest absolute Gasteiger partial charge is 0.477 e. The van der Waals surface area contributed by atoms with Crippen molar-refractivity contribution in [2.45, 2.75) is 26.7 Å². The molecule has 0 aliphatic carbocycles. The highest BCUT2D eigenvalue weighted by atomic mass is 35.5. The molecule has 16 heteroatoms. The fraction of sp³-hybridized carbons (Fsp3) is 0.286. The maximum atomic E-state index is 10.3. The Kier molecular flexibility index (Phi) is 14.2. The van der Waals surface area contributed by atoms with Crippen molar-refractivity contribution in [3.8, 4) is 11.8 Å². The van der Waals surface area contributed by atoms with Crippen molar-refractivity contribution >= 4 is 63.5 Å².